The number of rotatable bonds is 10. The molecule has 2 amide bonds. The Bertz CT molecular complexity index is 1330. The molecule has 1 fully saturated rings. The fourth-order valence-corrected chi connectivity index (χ4v) is 4.61. The van der Waals surface area contributed by atoms with Gasteiger partial charge in [-0.15, -0.1) is 0 Å². The lowest BCUT2D eigenvalue weighted by molar-refractivity contribution is -0.161. The average Bonchev–Trinajstić information content (AvgIpc) is 2.96. The van der Waals surface area contributed by atoms with Crippen molar-refractivity contribution in [2.75, 3.05) is 18.5 Å². The van der Waals surface area contributed by atoms with Crippen LogP contribution in [0, 0.1) is 11.8 Å². The van der Waals surface area contributed by atoms with Crippen molar-refractivity contribution < 1.29 is 28.6 Å². The number of carbonyl (C=O) groups is 3. The third-order valence-electron chi connectivity index (χ3n) is 6.71. The van der Waals surface area contributed by atoms with Gasteiger partial charge in [-0.3, -0.25) is 14.6 Å². The number of carbonyl (C=O) groups excluding carboxylic acids is 3. The number of benzene rings is 1. The Hall–Kier alpha value is -4.21. The number of amides is 2. The molecule has 1 aromatic carbocycles. The van der Waals surface area contributed by atoms with E-state index in [0.29, 0.717) is 67.9 Å². The first-order valence-corrected chi connectivity index (χ1v) is 14.0. The van der Waals surface area contributed by atoms with E-state index in [1.165, 1.54) is 0 Å². The van der Waals surface area contributed by atoms with Gasteiger partial charge in [0.25, 0.3) is 0 Å². The van der Waals surface area contributed by atoms with Gasteiger partial charge in [0, 0.05) is 24.7 Å². The van der Waals surface area contributed by atoms with Gasteiger partial charge in [0.2, 0.25) is 11.8 Å². The standard InChI is InChI=1S/C31H38N4O6/c1-31(2,3)41-29(37)23-12-10-22(11-13-23)28(36)34-25-16-18-32-24-14-15-26(35-27(24)25)39-19-7-17-33-30(38)40-20-21-8-5-4-6-9-21/h4-6,8-9,14-16,18,22-23H,7,10-13,17,19-20H2,1-3H3,(H,33,38)(H,32,34,36). The number of nitrogens with one attached hydrogen (secondary N) is 2. The maximum Gasteiger partial charge on any atom is 0.407 e. The van der Waals surface area contributed by atoms with Crippen LogP contribution in [-0.4, -0.2) is 46.7 Å². The van der Waals surface area contributed by atoms with E-state index in [9.17, 15) is 14.4 Å². The number of esters is 1. The summed E-state index contributed by atoms with van der Waals surface area (Å²) >= 11 is 0. The second-order valence-corrected chi connectivity index (χ2v) is 11.1. The Morgan fingerprint density at radius 2 is 1.68 bits per heavy atom. The van der Waals surface area contributed by atoms with Crippen molar-refractivity contribution in [2.24, 2.45) is 11.8 Å². The molecule has 0 bridgehead atoms. The Kier molecular flexibility index (Phi) is 10.1. The van der Waals surface area contributed by atoms with Gasteiger partial charge in [0.05, 0.1) is 23.7 Å². The smallest absolute Gasteiger partial charge is 0.407 e. The van der Waals surface area contributed by atoms with E-state index in [4.69, 9.17) is 14.2 Å². The molecule has 41 heavy (non-hydrogen) atoms. The highest BCUT2D eigenvalue weighted by atomic mass is 16.6. The van der Waals surface area contributed by atoms with Crippen LogP contribution in [0.1, 0.15) is 58.4 Å². The number of aromatic nitrogens is 2. The summed E-state index contributed by atoms with van der Waals surface area (Å²) < 4.78 is 16.5. The van der Waals surface area contributed by atoms with Crippen molar-refractivity contribution in [3.63, 3.8) is 0 Å². The van der Waals surface area contributed by atoms with Crippen LogP contribution in [0.5, 0.6) is 5.88 Å². The van der Waals surface area contributed by atoms with Gasteiger partial charge in [-0.2, -0.15) is 0 Å². The third kappa shape index (κ3) is 9.16. The van der Waals surface area contributed by atoms with Crippen molar-refractivity contribution in [3.8, 4) is 5.88 Å². The normalized spacial score (nSPS) is 17.0. The fraction of sp³-hybridized carbons (Fsp3) is 0.452. The Morgan fingerprint density at radius 3 is 2.41 bits per heavy atom. The first-order chi connectivity index (χ1) is 19.7. The summed E-state index contributed by atoms with van der Waals surface area (Å²) in [7, 11) is 0. The van der Waals surface area contributed by atoms with E-state index in [2.05, 4.69) is 20.6 Å². The summed E-state index contributed by atoms with van der Waals surface area (Å²) in [4.78, 5) is 46.3. The number of ether oxygens (including phenoxy) is 3. The van der Waals surface area contributed by atoms with Crippen molar-refractivity contribution in [3.05, 3.63) is 60.3 Å². The van der Waals surface area contributed by atoms with Gasteiger partial charge >= 0.3 is 12.1 Å². The van der Waals surface area contributed by atoms with E-state index >= 15 is 0 Å². The van der Waals surface area contributed by atoms with Crippen molar-refractivity contribution >= 4 is 34.7 Å². The Labute approximate surface area is 240 Å². The lowest BCUT2D eigenvalue weighted by Gasteiger charge is -2.29. The molecule has 10 heteroatoms. The van der Waals surface area contributed by atoms with Crippen LogP contribution < -0.4 is 15.4 Å². The lowest BCUT2D eigenvalue weighted by atomic mass is 9.81. The molecule has 3 aromatic rings. The molecule has 1 aliphatic rings. The molecule has 0 spiro atoms. The monoisotopic (exact) mass is 562 g/mol. The summed E-state index contributed by atoms with van der Waals surface area (Å²) in [6.45, 7) is 6.51. The van der Waals surface area contributed by atoms with Gasteiger partial charge in [-0.1, -0.05) is 30.3 Å². The molecule has 10 nitrogen and oxygen atoms in total. The molecule has 0 saturated heterocycles. The Morgan fingerprint density at radius 1 is 0.951 bits per heavy atom. The molecule has 218 valence electrons. The van der Waals surface area contributed by atoms with Crippen molar-refractivity contribution in [1.82, 2.24) is 15.3 Å². The molecular formula is C31H38N4O6. The number of pyridine rings is 2. The number of anilines is 1. The molecule has 0 radical (unpaired) electrons. The molecule has 1 aliphatic carbocycles. The SMILES string of the molecule is CC(C)(C)OC(=O)C1CCC(C(=O)Nc2ccnc3ccc(OCCCNC(=O)OCc4ccccc4)nc23)CC1. The number of fused-ring (bicyclic) bond motifs is 1. The minimum atomic E-state index is -0.517. The maximum atomic E-state index is 13.1. The Balaban J connectivity index is 1.23. The molecule has 0 atom stereocenters. The van der Waals surface area contributed by atoms with Gasteiger partial charge in [0.1, 0.15) is 17.7 Å². The van der Waals surface area contributed by atoms with E-state index in [1.54, 1.807) is 24.4 Å². The zero-order chi connectivity index (χ0) is 29.2. The number of nitrogens with zero attached hydrogens (tertiary/aromatic N) is 2. The highest BCUT2D eigenvalue weighted by Crippen LogP contribution is 2.32. The first-order valence-electron chi connectivity index (χ1n) is 14.0. The molecule has 1 saturated carbocycles. The van der Waals surface area contributed by atoms with Crippen LogP contribution in [0.2, 0.25) is 0 Å². The van der Waals surface area contributed by atoms with Crippen molar-refractivity contribution in [2.45, 2.75) is 65.1 Å². The minimum Gasteiger partial charge on any atom is -0.478 e. The van der Waals surface area contributed by atoms with Crippen LogP contribution in [0.3, 0.4) is 0 Å². The van der Waals surface area contributed by atoms with Gasteiger partial charge in [0.15, 0.2) is 0 Å². The van der Waals surface area contributed by atoms with E-state index in [-0.39, 0.29) is 30.3 Å². The van der Waals surface area contributed by atoms with Crippen LogP contribution in [0.25, 0.3) is 11.0 Å². The zero-order valence-electron chi connectivity index (χ0n) is 23.9. The number of hydrogen-bond donors (Lipinski definition) is 2. The second-order valence-electron chi connectivity index (χ2n) is 11.1. The summed E-state index contributed by atoms with van der Waals surface area (Å²) in [6.07, 6.45) is 4.19. The van der Waals surface area contributed by atoms with Gasteiger partial charge in [-0.25, -0.2) is 9.78 Å². The number of alkyl carbamates (subject to hydrolysis) is 1. The third-order valence-corrected chi connectivity index (χ3v) is 6.71. The highest BCUT2D eigenvalue weighted by molar-refractivity contribution is 6.00. The van der Waals surface area contributed by atoms with E-state index in [1.807, 2.05) is 51.1 Å². The predicted octanol–water partition coefficient (Wildman–Crippen LogP) is 5.41. The number of hydrogen-bond acceptors (Lipinski definition) is 8. The van der Waals surface area contributed by atoms with E-state index < -0.39 is 11.7 Å². The van der Waals surface area contributed by atoms with Crippen molar-refractivity contribution in [1.29, 1.82) is 0 Å². The van der Waals surface area contributed by atoms with Crippen LogP contribution in [0.15, 0.2) is 54.7 Å². The molecule has 2 N–H and O–H groups in total. The average molecular weight is 563 g/mol. The topological polar surface area (TPSA) is 129 Å². The quantitative estimate of drug-likeness (QED) is 0.248. The summed E-state index contributed by atoms with van der Waals surface area (Å²) in [5, 5.41) is 5.71. The first kappa shape index (κ1) is 29.8. The maximum absolute atomic E-state index is 13.1. The summed E-state index contributed by atoms with van der Waals surface area (Å²) in [5.41, 5.74) is 2.12. The highest BCUT2D eigenvalue weighted by Gasteiger charge is 2.32. The lowest BCUT2D eigenvalue weighted by Crippen LogP contribution is -2.33. The molecule has 0 unspecified atom stereocenters. The molecule has 0 aliphatic heterocycles. The molecular weight excluding hydrogens is 524 g/mol. The van der Waals surface area contributed by atoms with Gasteiger partial charge < -0.3 is 24.8 Å². The summed E-state index contributed by atoms with van der Waals surface area (Å²) in [5.74, 6) is -0.254. The second kappa shape index (κ2) is 13.9. The van der Waals surface area contributed by atoms with Crippen LogP contribution >= 0.6 is 0 Å². The predicted molar refractivity (Wildman–Crippen MR) is 154 cm³/mol. The zero-order valence-corrected chi connectivity index (χ0v) is 23.9. The molecule has 2 aromatic heterocycles. The fourth-order valence-electron chi connectivity index (χ4n) is 4.61. The summed E-state index contributed by atoms with van der Waals surface area (Å²) in [6, 6.07) is 14.7. The van der Waals surface area contributed by atoms with Crippen LogP contribution in [0.4, 0.5) is 10.5 Å². The molecule has 4 rings (SSSR count). The van der Waals surface area contributed by atoms with Crippen LogP contribution in [-0.2, 0) is 25.7 Å². The minimum absolute atomic E-state index is 0.0986. The molecule has 2 heterocycles. The van der Waals surface area contributed by atoms with Gasteiger partial charge in [-0.05, 0) is 70.6 Å². The largest absolute Gasteiger partial charge is 0.478 e. The van der Waals surface area contributed by atoms with E-state index in [0.717, 1.165) is 5.56 Å².